The van der Waals surface area contributed by atoms with Crippen molar-refractivity contribution in [2.24, 2.45) is 7.05 Å². The van der Waals surface area contributed by atoms with Crippen molar-refractivity contribution < 1.29 is 26.7 Å². The van der Waals surface area contributed by atoms with E-state index in [1.54, 1.807) is 0 Å². The van der Waals surface area contributed by atoms with E-state index < -0.39 is 35.0 Å². The fourth-order valence-corrected chi connectivity index (χ4v) is 2.93. The zero-order chi connectivity index (χ0) is 19.1. The van der Waals surface area contributed by atoms with Crippen LogP contribution in [-0.4, -0.2) is 25.7 Å². The number of amides is 1. The minimum Gasteiger partial charge on any atom is -0.298 e. The van der Waals surface area contributed by atoms with E-state index in [4.69, 9.17) is 0 Å². The normalized spacial score (nSPS) is 11.6. The molecule has 0 saturated carbocycles. The third kappa shape index (κ3) is 3.40. The van der Waals surface area contributed by atoms with Crippen LogP contribution in [0.3, 0.4) is 0 Å². The lowest BCUT2D eigenvalue weighted by Gasteiger charge is -2.03. The van der Waals surface area contributed by atoms with Crippen LogP contribution >= 0.6 is 11.3 Å². The molecule has 1 N–H and O–H groups in total. The third-order valence-corrected chi connectivity index (χ3v) is 4.16. The molecule has 0 atom stereocenters. The highest BCUT2D eigenvalue weighted by Crippen LogP contribution is 2.34. The second-order valence-corrected chi connectivity index (χ2v) is 6.03. The van der Waals surface area contributed by atoms with Crippen molar-refractivity contribution in [3.8, 4) is 10.6 Å². The van der Waals surface area contributed by atoms with Crippen LogP contribution in [0.25, 0.3) is 10.6 Å². The SMILES string of the molecule is Cn1nc(C(F)(F)F)cc1-c1cnc(NC(=O)c2c(F)cncc2F)s1. The predicted molar refractivity (Wildman–Crippen MR) is 81.4 cm³/mol. The number of anilines is 1. The maximum absolute atomic E-state index is 13.5. The van der Waals surface area contributed by atoms with Gasteiger partial charge in [-0.2, -0.15) is 18.3 Å². The Bertz CT molecular complexity index is 960. The molecule has 1 amide bonds. The Balaban J connectivity index is 1.85. The molecular weight excluding hydrogens is 381 g/mol. The first-order chi connectivity index (χ1) is 12.2. The summed E-state index contributed by atoms with van der Waals surface area (Å²) in [5.74, 6) is -3.40. The van der Waals surface area contributed by atoms with Crippen LogP contribution in [0.5, 0.6) is 0 Å². The number of carbonyl (C=O) groups is 1. The molecule has 6 nitrogen and oxygen atoms in total. The summed E-state index contributed by atoms with van der Waals surface area (Å²) in [5.41, 5.74) is -1.79. The first kappa shape index (κ1) is 17.9. The van der Waals surface area contributed by atoms with Crippen molar-refractivity contribution in [2.45, 2.75) is 6.18 Å². The quantitative estimate of drug-likeness (QED) is 0.696. The summed E-state index contributed by atoms with van der Waals surface area (Å²) in [5, 5.41) is 5.53. The maximum atomic E-state index is 13.5. The molecule has 26 heavy (non-hydrogen) atoms. The Hall–Kier alpha value is -2.89. The molecule has 0 aliphatic rings. The van der Waals surface area contributed by atoms with Gasteiger partial charge >= 0.3 is 6.18 Å². The van der Waals surface area contributed by atoms with E-state index in [-0.39, 0.29) is 15.7 Å². The van der Waals surface area contributed by atoms with E-state index in [1.165, 1.54) is 13.2 Å². The molecule has 12 heteroatoms. The fraction of sp³-hybridized carbons (Fsp3) is 0.143. The van der Waals surface area contributed by atoms with Crippen LogP contribution in [0.2, 0.25) is 0 Å². The Morgan fingerprint density at radius 3 is 2.42 bits per heavy atom. The van der Waals surface area contributed by atoms with Gasteiger partial charge in [-0.1, -0.05) is 11.3 Å². The van der Waals surface area contributed by atoms with E-state index in [0.717, 1.165) is 22.1 Å². The Morgan fingerprint density at radius 2 is 1.85 bits per heavy atom. The summed E-state index contributed by atoms with van der Waals surface area (Å²) >= 11 is 0.827. The van der Waals surface area contributed by atoms with Crippen molar-refractivity contribution in [1.82, 2.24) is 19.7 Å². The number of nitrogens with one attached hydrogen (secondary N) is 1. The molecule has 0 fully saturated rings. The van der Waals surface area contributed by atoms with Crippen LogP contribution in [0.15, 0.2) is 24.7 Å². The Labute approximate surface area is 146 Å². The number of carbonyl (C=O) groups excluding carboxylic acids is 1. The Kier molecular flexibility index (Phi) is 4.44. The molecular formula is C14H8F5N5OS. The lowest BCUT2D eigenvalue weighted by atomic mass is 10.2. The van der Waals surface area contributed by atoms with E-state index in [9.17, 15) is 26.7 Å². The van der Waals surface area contributed by atoms with E-state index in [1.807, 2.05) is 0 Å². The second-order valence-electron chi connectivity index (χ2n) is 5.00. The summed E-state index contributed by atoms with van der Waals surface area (Å²) in [6, 6.07) is 0.835. The first-order valence-electron chi connectivity index (χ1n) is 6.84. The van der Waals surface area contributed by atoms with Crippen LogP contribution in [0.4, 0.5) is 27.1 Å². The number of rotatable bonds is 3. The molecule has 0 spiro atoms. The fourth-order valence-electron chi connectivity index (χ4n) is 2.07. The summed E-state index contributed by atoms with van der Waals surface area (Å²) in [7, 11) is 1.32. The van der Waals surface area contributed by atoms with Gasteiger partial charge in [0.05, 0.1) is 23.0 Å². The van der Waals surface area contributed by atoms with Gasteiger partial charge in [-0.15, -0.1) is 0 Å². The first-order valence-corrected chi connectivity index (χ1v) is 7.66. The van der Waals surface area contributed by atoms with Crippen molar-refractivity contribution in [3.63, 3.8) is 0 Å². The number of aryl methyl sites for hydroxylation is 1. The summed E-state index contributed by atoms with van der Waals surface area (Å²) in [6.45, 7) is 0. The summed E-state index contributed by atoms with van der Waals surface area (Å²) < 4.78 is 66.3. The van der Waals surface area contributed by atoms with Gasteiger partial charge in [-0.05, 0) is 6.07 Å². The van der Waals surface area contributed by atoms with Gasteiger partial charge in [-0.3, -0.25) is 19.8 Å². The van der Waals surface area contributed by atoms with Crippen molar-refractivity contribution >= 4 is 22.4 Å². The van der Waals surface area contributed by atoms with Gasteiger partial charge in [-0.25, -0.2) is 13.8 Å². The number of pyridine rings is 1. The molecule has 136 valence electrons. The highest BCUT2D eigenvalue weighted by atomic mass is 32.1. The van der Waals surface area contributed by atoms with Gasteiger partial charge < -0.3 is 0 Å². The molecule has 0 unspecified atom stereocenters. The minimum atomic E-state index is -4.60. The largest absolute Gasteiger partial charge is 0.435 e. The zero-order valence-electron chi connectivity index (χ0n) is 12.8. The van der Waals surface area contributed by atoms with Gasteiger partial charge in [0.1, 0.15) is 5.56 Å². The zero-order valence-corrected chi connectivity index (χ0v) is 13.6. The lowest BCUT2D eigenvalue weighted by molar-refractivity contribution is -0.141. The van der Waals surface area contributed by atoms with E-state index in [2.05, 4.69) is 20.4 Å². The highest BCUT2D eigenvalue weighted by Gasteiger charge is 2.35. The van der Waals surface area contributed by atoms with Crippen LogP contribution < -0.4 is 5.32 Å². The molecule has 3 rings (SSSR count). The van der Waals surface area contributed by atoms with E-state index in [0.29, 0.717) is 12.4 Å². The third-order valence-electron chi connectivity index (χ3n) is 3.23. The number of aromatic nitrogens is 4. The topological polar surface area (TPSA) is 72.7 Å². The molecule has 3 aromatic rings. The van der Waals surface area contributed by atoms with Crippen LogP contribution in [-0.2, 0) is 13.2 Å². The number of nitrogens with zero attached hydrogens (tertiary/aromatic N) is 4. The average Bonchev–Trinajstić information content (AvgIpc) is 3.13. The van der Waals surface area contributed by atoms with E-state index >= 15 is 0 Å². The molecule has 0 aromatic carbocycles. The monoisotopic (exact) mass is 389 g/mol. The van der Waals surface area contributed by atoms with Crippen LogP contribution in [0, 0.1) is 11.6 Å². The average molecular weight is 389 g/mol. The number of hydrogen-bond acceptors (Lipinski definition) is 5. The maximum Gasteiger partial charge on any atom is 0.435 e. The standard InChI is InChI=1S/C14H8F5N5OS/c1-24-8(2-10(23-24)14(17,18)19)9-5-21-13(26-9)22-12(25)11-6(15)3-20-4-7(11)16/h2-5H,1H3,(H,21,22,25). The number of hydrogen-bond donors (Lipinski definition) is 1. The van der Waals surface area contributed by atoms with Crippen LogP contribution in [0.1, 0.15) is 16.1 Å². The number of alkyl halides is 3. The molecule has 0 bridgehead atoms. The lowest BCUT2D eigenvalue weighted by Crippen LogP contribution is -2.16. The number of thiazole rings is 1. The summed E-state index contributed by atoms with van der Waals surface area (Å²) in [4.78, 5) is 19.4. The molecule has 0 radical (unpaired) electrons. The van der Waals surface area contributed by atoms with Gasteiger partial charge in [0.25, 0.3) is 5.91 Å². The predicted octanol–water partition coefficient (Wildman–Crippen LogP) is 3.49. The molecule has 0 aliphatic carbocycles. The number of halogens is 5. The molecule has 0 aliphatic heterocycles. The molecule has 0 saturated heterocycles. The second kappa shape index (κ2) is 6.44. The summed E-state index contributed by atoms with van der Waals surface area (Å²) in [6.07, 6.45) is -2.02. The molecule has 3 aromatic heterocycles. The Morgan fingerprint density at radius 1 is 1.19 bits per heavy atom. The highest BCUT2D eigenvalue weighted by molar-refractivity contribution is 7.19. The smallest absolute Gasteiger partial charge is 0.298 e. The van der Waals surface area contributed by atoms with Gasteiger partial charge in [0.2, 0.25) is 0 Å². The minimum absolute atomic E-state index is 0.0460. The van der Waals surface area contributed by atoms with Gasteiger partial charge in [0.15, 0.2) is 22.5 Å². The van der Waals surface area contributed by atoms with Crippen molar-refractivity contribution in [1.29, 1.82) is 0 Å². The van der Waals surface area contributed by atoms with Crippen molar-refractivity contribution in [3.05, 3.63) is 47.5 Å². The van der Waals surface area contributed by atoms with Crippen molar-refractivity contribution in [2.75, 3.05) is 5.32 Å². The van der Waals surface area contributed by atoms with Gasteiger partial charge in [0, 0.05) is 13.2 Å². The molecule has 3 heterocycles.